The molecule has 0 radical (unpaired) electrons. The third-order valence-electron chi connectivity index (χ3n) is 3.10. The van der Waals surface area contributed by atoms with Crippen molar-refractivity contribution < 1.29 is 0 Å². The van der Waals surface area contributed by atoms with Crippen molar-refractivity contribution in [2.75, 3.05) is 13.1 Å². The van der Waals surface area contributed by atoms with Gasteiger partial charge in [0, 0.05) is 24.5 Å². The van der Waals surface area contributed by atoms with Crippen molar-refractivity contribution >= 4 is 11.3 Å². The molecule has 1 saturated heterocycles. The molecule has 1 aromatic rings. The first-order valence-corrected chi connectivity index (χ1v) is 6.42. The standard InChI is InChI=1S/C11H19N3S/c1-8(12)10-3-4-14(5-10)6-11-7-15-9(2)13-11/h7-8,10H,3-6,12H2,1-2H3. The molecule has 0 bridgehead atoms. The van der Waals surface area contributed by atoms with E-state index in [0.29, 0.717) is 12.0 Å². The maximum Gasteiger partial charge on any atom is 0.0897 e. The molecule has 15 heavy (non-hydrogen) atoms. The number of nitrogens with zero attached hydrogens (tertiary/aromatic N) is 2. The monoisotopic (exact) mass is 225 g/mol. The van der Waals surface area contributed by atoms with Gasteiger partial charge < -0.3 is 5.73 Å². The fourth-order valence-corrected chi connectivity index (χ4v) is 2.75. The summed E-state index contributed by atoms with van der Waals surface area (Å²) in [6, 6.07) is 0.326. The summed E-state index contributed by atoms with van der Waals surface area (Å²) in [4.78, 5) is 6.95. The normalized spacial score (nSPS) is 24.6. The summed E-state index contributed by atoms with van der Waals surface area (Å²) >= 11 is 1.73. The van der Waals surface area contributed by atoms with Gasteiger partial charge in [0.05, 0.1) is 10.7 Å². The van der Waals surface area contributed by atoms with Crippen LogP contribution in [0.25, 0.3) is 0 Å². The van der Waals surface area contributed by atoms with Crippen molar-refractivity contribution in [3.8, 4) is 0 Å². The number of hydrogen-bond donors (Lipinski definition) is 1. The van der Waals surface area contributed by atoms with Crippen molar-refractivity contribution in [3.63, 3.8) is 0 Å². The lowest BCUT2D eigenvalue weighted by Crippen LogP contribution is -2.29. The third kappa shape index (κ3) is 2.77. The highest BCUT2D eigenvalue weighted by Crippen LogP contribution is 2.21. The molecule has 2 unspecified atom stereocenters. The Balaban J connectivity index is 1.87. The van der Waals surface area contributed by atoms with Crippen LogP contribution in [0, 0.1) is 12.8 Å². The second kappa shape index (κ2) is 4.60. The van der Waals surface area contributed by atoms with E-state index in [2.05, 4.69) is 29.1 Å². The van der Waals surface area contributed by atoms with Gasteiger partial charge in [-0.3, -0.25) is 4.90 Å². The average Bonchev–Trinajstić information content (AvgIpc) is 2.76. The van der Waals surface area contributed by atoms with Crippen molar-refractivity contribution in [1.29, 1.82) is 0 Å². The van der Waals surface area contributed by atoms with Crippen LogP contribution in [0.2, 0.25) is 0 Å². The van der Waals surface area contributed by atoms with Crippen molar-refractivity contribution in [3.05, 3.63) is 16.1 Å². The molecule has 0 aromatic carbocycles. The van der Waals surface area contributed by atoms with E-state index < -0.39 is 0 Å². The summed E-state index contributed by atoms with van der Waals surface area (Å²) in [7, 11) is 0. The van der Waals surface area contributed by atoms with Gasteiger partial charge in [0.15, 0.2) is 0 Å². The van der Waals surface area contributed by atoms with E-state index in [0.717, 1.165) is 18.1 Å². The molecule has 2 atom stereocenters. The Kier molecular flexibility index (Phi) is 3.38. The minimum atomic E-state index is 0.326. The van der Waals surface area contributed by atoms with Crippen LogP contribution >= 0.6 is 11.3 Å². The predicted octanol–water partition coefficient (Wildman–Crippen LogP) is 1.62. The van der Waals surface area contributed by atoms with Crippen LogP contribution in [0.5, 0.6) is 0 Å². The van der Waals surface area contributed by atoms with Crippen LogP contribution in [0.1, 0.15) is 24.0 Å². The summed E-state index contributed by atoms with van der Waals surface area (Å²) in [5, 5.41) is 3.32. The molecule has 3 nitrogen and oxygen atoms in total. The van der Waals surface area contributed by atoms with Gasteiger partial charge in [0.1, 0.15) is 0 Å². The Bertz CT molecular complexity index is 321. The molecule has 0 amide bonds. The lowest BCUT2D eigenvalue weighted by molar-refractivity contribution is 0.305. The second-order valence-electron chi connectivity index (χ2n) is 4.50. The fraction of sp³-hybridized carbons (Fsp3) is 0.727. The lowest BCUT2D eigenvalue weighted by Gasteiger charge is -2.16. The number of hydrogen-bond acceptors (Lipinski definition) is 4. The fourth-order valence-electron chi connectivity index (χ4n) is 2.15. The molecular weight excluding hydrogens is 206 g/mol. The summed E-state index contributed by atoms with van der Waals surface area (Å²) < 4.78 is 0. The largest absolute Gasteiger partial charge is 0.328 e. The third-order valence-corrected chi connectivity index (χ3v) is 3.93. The SMILES string of the molecule is Cc1nc(CN2CCC(C(C)N)C2)cs1. The van der Waals surface area contributed by atoms with E-state index in [1.165, 1.54) is 18.7 Å². The lowest BCUT2D eigenvalue weighted by atomic mass is 10.0. The zero-order chi connectivity index (χ0) is 10.8. The molecule has 1 aliphatic rings. The number of thiazole rings is 1. The van der Waals surface area contributed by atoms with Gasteiger partial charge >= 0.3 is 0 Å². The van der Waals surface area contributed by atoms with E-state index in [9.17, 15) is 0 Å². The highest BCUT2D eigenvalue weighted by atomic mass is 32.1. The first-order chi connectivity index (χ1) is 7.15. The first-order valence-electron chi connectivity index (χ1n) is 5.54. The molecule has 2 heterocycles. The molecule has 1 aromatic heterocycles. The van der Waals surface area contributed by atoms with Gasteiger partial charge in [-0.25, -0.2) is 4.98 Å². The van der Waals surface area contributed by atoms with Crippen molar-refractivity contribution in [2.24, 2.45) is 11.7 Å². The summed E-state index contributed by atoms with van der Waals surface area (Å²) in [5.41, 5.74) is 7.13. The molecule has 0 spiro atoms. The number of aryl methyl sites for hydroxylation is 1. The number of nitrogens with two attached hydrogens (primary N) is 1. The van der Waals surface area contributed by atoms with Gasteiger partial charge in [0.25, 0.3) is 0 Å². The van der Waals surface area contributed by atoms with E-state index in [1.54, 1.807) is 11.3 Å². The predicted molar refractivity (Wildman–Crippen MR) is 63.9 cm³/mol. The van der Waals surface area contributed by atoms with E-state index in [1.807, 2.05) is 0 Å². The Morgan fingerprint density at radius 3 is 3.07 bits per heavy atom. The molecular formula is C11H19N3S. The summed E-state index contributed by atoms with van der Waals surface area (Å²) in [5.74, 6) is 0.671. The maximum absolute atomic E-state index is 5.92. The molecule has 84 valence electrons. The van der Waals surface area contributed by atoms with Crippen LogP contribution in [0.4, 0.5) is 0 Å². The minimum Gasteiger partial charge on any atom is -0.328 e. The van der Waals surface area contributed by atoms with Gasteiger partial charge in [-0.2, -0.15) is 0 Å². The Labute approximate surface area is 95.3 Å². The van der Waals surface area contributed by atoms with Gasteiger partial charge in [-0.1, -0.05) is 0 Å². The minimum absolute atomic E-state index is 0.326. The van der Waals surface area contributed by atoms with Crippen LogP contribution in [-0.4, -0.2) is 29.0 Å². The molecule has 2 rings (SSSR count). The smallest absolute Gasteiger partial charge is 0.0897 e. The number of likely N-dealkylation sites (tertiary alicyclic amines) is 1. The van der Waals surface area contributed by atoms with Gasteiger partial charge in [-0.05, 0) is 32.7 Å². The van der Waals surface area contributed by atoms with Gasteiger partial charge in [0.2, 0.25) is 0 Å². The first kappa shape index (κ1) is 11.0. The highest BCUT2D eigenvalue weighted by Gasteiger charge is 2.25. The van der Waals surface area contributed by atoms with Crippen LogP contribution in [-0.2, 0) is 6.54 Å². The topological polar surface area (TPSA) is 42.2 Å². The van der Waals surface area contributed by atoms with Crippen LogP contribution in [0.15, 0.2) is 5.38 Å². The van der Waals surface area contributed by atoms with Gasteiger partial charge in [-0.15, -0.1) is 11.3 Å². The molecule has 2 N–H and O–H groups in total. The van der Waals surface area contributed by atoms with Crippen LogP contribution in [0.3, 0.4) is 0 Å². The zero-order valence-corrected chi connectivity index (χ0v) is 10.3. The molecule has 0 saturated carbocycles. The van der Waals surface area contributed by atoms with Crippen molar-refractivity contribution in [2.45, 2.75) is 32.9 Å². The molecule has 0 aliphatic carbocycles. The van der Waals surface area contributed by atoms with E-state index in [-0.39, 0.29) is 0 Å². The molecule has 1 aliphatic heterocycles. The maximum atomic E-state index is 5.92. The molecule has 1 fully saturated rings. The Morgan fingerprint density at radius 2 is 2.53 bits per heavy atom. The highest BCUT2D eigenvalue weighted by molar-refractivity contribution is 7.09. The Hall–Kier alpha value is -0.450. The zero-order valence-electron chi connectivity index (χ0n) is 9.44. The van der Waals surface area contributed by atoms with E-state index >= 15 is 0 Å². The van der Waals surface area contributed by atoms with E-state index in [4.69, 9.17) is 5.73 Å². The van der Waals surface area contributed by atoms with Crippen molar-refractivity contribution in [1.82, 2.24) is 9.88 Å². The van der Waals surface area contributed by atoms with Crippen LogP contribution < -0.4 is 5.73 Å². The summed E-state index contributed by atoms with van der Waals surface area (Å²) in [6.07, 6.45) is 1.24. The Morgan fingerprint density at radius 1 is 1.73 bits per heavy atom. The quantitative estimate of drug-likeness (QED) is 0.850. The average molecular weight is 225 g/mol. The number of aromatic nitrogens is 1. The number of rotatable bonds is 3. The second-order valence-corrected chi connectivity index (χ2v) is 5.56. The molecule has 4 heteroatoms. The summed E-state index contributed by atoms with van der Waals surface area (Å²) in [6.45, 7) is 7.47.